The summed E-state index contributed by atoms with van der Waals surface area (Å²) in [7, 11) is 1.74. The van der Waals surface area contributed by atoms with Crippen molar-refractivity contribution in [2.45, 2.75) is 11.3 Å². The molecule has 0 saturated heterocycles. The lowest BCUT2D eigenvalue weighted by Crippen LogP contribution is -2.20. The zero-order chi connectivity index (χ0) is 14.4. The summed E-state index contributed by atoms with van der Waals surface area (Å²) >= 11 is 1.36. The van der Waals surface area contributed by atoms with E-state index in [1.807, 2.05) is 6.07 Å². The van der Waals surface area contributed by atoms with Gasteiger partial charge >= 0.3 is 0 Å². The van der Waals surface area contributed by atoms with E-state index >= 15 is 0 Å². The van der Waals surface area contributed by atoms with Crippen LogP contribution in [0.15, 0.2) is 29.4 Å². The van der Waals surface area contributed by atoms with Crippen LogP contribution in [0.5, 0.6) is 5.75 Å². The quantitative estimate of drug-likeness (QED) is 0.779. The minimum atomic E-state index is -0.632. The summed E-state index contributed by atoms with van der Waals surface area (Å²) in [6.45, 7) is 0.171. The Morgan fingerprint density at radius 1 is 1.45 bits per heavy atom. The first-order valence-electron chi connectivity index (χ1n) is 5.85. The molecule has 2 rings (SSSR count). The van der Waals surface area contributed by atoms with E-state index in [1.54, 1.807) is 36.0 Å². The van der Waals surface area contributed by atoms with E-state index < -0.39 is 6.10 Å². The van der Waals surface area contributed by atoms with Crippen molar-refractivity contribution in [1.29, 1.82) is 5.26 Å². The zero-order valence-corrected chi connectivity index (χ0v) is 11.6. The largest absolute Gasteiger partial charge is 0.491 e. The van der Waals surface area contributed by atoms with Crippen molar-refractivity contribution in [1.82, 2.24) is 20.2 Å². The first kappa shape index (κ1) is 14.3. The van der Waals surface area contributed by atoms with Gasteiger partial charge in [-0.1, -0.05) is 11.8 Å². The van der Waals surface area contributed by atoms with Gasteiger partial charge in [0.25, 0.3) is 0 Å². The lowest BCUT2D eigenvalue weighted by atomic mass is 10.2. The summed E-state index contributed by atoms with van der Waals surface area (Å²) in [5.41, 5.74) is 0.572. The Kier molecular flexibility index (Phi) is 4.92. The molecule has 0 aliphatic rings. The van der Waals surface area contributed by atoms with Crippen LogP contribution in [-0.2, 0) is 7.05 Å². The molecule has 104 valence electrons. The van der Waals surface area contributed by atoms with E-state index in [1.165, 1.54) is 11.8 Å². The molecule has 1 aromatic heterocycles. The van der Waals surface area contributed by atoms with Crippen molar-refractivity contribution < 1.29 is 9.84 Å². The number of aryl methyl sites for hydroxylation is 1. The van der Waals surface area contributed by atoms with Crippen LogP contribution in [-0.4, -0.2) is 43.8 Å². The molecular formula is C12H13N5O2S. The molecule has 0 amide bonds. The molecule has 1 N–H and O–H groups in total. The second kappa shape index (κ2) is 6.88. The topological polar surface area (TPSA) is 96.8 Å². The van der Waals surface area contributed by atoms with Gasteiger partial charge in [-0.2, -0.15) is 5.26 Å². The van der Waals surface area contributed by atoms with Gasteiger partial charge in [0.05, 0.1) is 17.7 Å². The lowest BCUT2D eigenvalue weighted by Gasteiger charge is -2.11. The number of nitriles is 1. The molecule has 0 bridgehead atoms. The summed E-state index contributed by atoms with van der Waals surface area (Å²) in [5, 5.41) is 30.2. The second-order valence-corrected chi connectivity index (χ2v) is 4.98. The maximum absolute atomic E-state index is 9.82. The number of hydrogen-bond donors (Lipinski definition) is 1. The maximum atomic E-state index is 9.82. The summed E-state index contributed by atoms with van der Waals surface area (Å²) in [6.07, 6.45) is -0.632. The SMILES string of the molecule is Cn1nnnc1SC[C@H](O)COc1ccc(C#N)cc1. The normalized spacial score (nSPS) is 11.8. The molecule has 0 radical (unpaired) electrons. The molecular weight excluding hydrogens is 278 g/mol. The van der Waals surface area contributed by atoms with Crippen LogP contribution in [0.2, 0.25) is 0 Å². The van der Waals surface area contributed by atoms with Gasteiger partial charge in [-0.3, -0.25) is 0 Å². The van der Waals surface area contributed by atoms with Gasteiger partial charge in [0.1, 0.15) is 12.4 Å². The number of aliphatic hydroxyl groups excluding tert-OH is 1. The fraction of sp³-hybridized carbons (Fsp3) is 0.333. The Hall–Kier alpha value is -2.11. The molecule has 8 heteroatoms. The minimum Gasteiger partial charge on any atom is -0.491 e. The van der Waals surface area contributed by atoms with Crippen LogP contribution < -0.4 is 4.74 Å². The van der Waals surface area contributed by atoms with Crippen molar-refractivity contribution >= 4 is 11.8 Å². The predicted molar refractivity (Wildman–Crippen MR) is 72.2 cm³/mol. The standard InChI is InChI=1S/C12H13N5O2S/c1-17-12(14-15-16-17)20-8-10(18)7-19-11-4-2-9(6-13)3-5-11/h2-5,10,18H,7-8H2,1H3/t10-/m1/s1. The predicted octanol–water partition coefficient (Wildman–Crippen LogP) is 0.614. The molecule has 0 spiro atoms. The fourth-order valence-electron chi connectivity index (χ4n) is 1.38. The van der Waals surface area contributed by atoms with E-state index in [9.17, 15) is 5.11 Å². The summed E-state index contributed by atoms with van der Waals surface area (Å²) in [6, 6.07) is 8.77. The number of aromatic nitrogens is 4. The van der Waals surface area contributed by atoms with Gasteiger partial charge in [0.15, 0.2) is 0 Å². The van der Waals surface area contributed by atoms with Crippen molar-refractivity contribution in [3.05, 3.63) is 29.8 Å². The highest BCUT2D eigenvalue weighted by atomic mass is 32.2. The molecule has 0 fully saturated rings. The summed E-state index contributed by atoms with van der Waals surface area (Å²) in [5.74, 6) is 1.05. The Labute approximate surface area is 120 Å². The third-order valence-electron chi connectivity index (χ3n) is 2.41. The van der Waals surface area contributed by atoms with Crippen LogP contribution in [0.25, 0.3) is 0 Å². The molecule has 1 atom stereocenters. The zero-order valence-electron chi connectivity index (χ0n) is 10.8. The highest BCUT2D eigenvalue weighted by Gasteiger charge is 2.09. The van der Waals surface area contributed by atoms with Crippen molar-refractivity contribution in [3.8, 4) is 11.8 Å². The van der Waals surface area contributed by atoms with Gasteiger partial charge < -0.3 is 9.84 Å². The number of thioether (sulfide) groups is 1. The number of ether oxygens (including phenoxy) is 1. The maximum Gasteiger partial charge on any atom is 0.209 e. The lowest BCUT2D eigenvalue weighted by molar-refractivity contribution is 0.126. The Morgan fingerprint density at radius 3 is 2.80 bits per heavy atom. The highest BCUT2D eigenvalue weighted by Crippen LogP contribution is 2.15. The van der Waals surface area contributed by atoms with E-state index in [0.29, 0.717) is 22.2 Å². The number of hydrogen-bond acceptors (Lipinski definition) is 7. The summed E-state index contributed by atoms with van der Waals surface area (Å²) in [4.78, 5) is 0. The molecule has 0 aliphatic heterocycles. The molecule has 7 nitrogen and oxygen atoms in total. The van der Waals surface area contributed by atoms with Gasteiger partial charge in [-0.05, 0) is 34.7 Å². The Morgan fingerprint density at radius 2 is 2.20 bits per heavy atom. The van der Waals surface area contributed by atoms with E-state index in [0.717, 1.165) is 0 Å². The van der Waals surface area contributed by atoms with Crippen LogP contribution in [0.1, 0.15) is 5.56 Å². The Bertz CT molecular complexity index is 593. The van der Waals surface area contributed by atoms with Crippen molar-refractivity contribution in [2.24, 2.45) is 7.05 Å². The fourth-order valence-corrected chi connectivity index (χ4v) is 2.14. The van der Waals surface area contributed by atoms with Crippen LogP contribution >= 0.6 is 11.8 Å². The van der Waals surface area contributed by atoms with Crippen molar-refractivity contribution in [2.75, 3.05) is 12.4 Å². The number of rotatable bonds is 6. The first-order valence-corrected chi connectivity index (χ1v) is 6.84. The monoisotopic (exact) mass is 291 g/mol. The number of aliphatic hydroxyl groups is 1. The van der Waals surface area contributed by atoms with Crippen LogP contribution in [0.4, 0.5) is 0 Å². The number of nitrogens with zero attached hydrogens (tertiary/aromatic N) is 5. The van der Waals surface area contributed by atoms with Crippen LogP contribution in [0, 0.1) is 11.3 Å². The van der Waals surface area contributed by atoms with Gasteiger partial charge in [0, 0.05) is 12.8 Å². The third-order valence-corrected chi connectivity index (χ3v) is 3.57. The second-order valence-electron chi connectivity index (χ2n) is 4.00. The number of tetrazole rings is 1. The van der Waals surface area contributed by atoms with E-state index in [4.69, 9.17) is 10.00 Å². The molecule has 1 heterocycles. The molecule has 0 unspecified atom stereocenters. The van der Waals surface area contributed by atoms with Gasteiger partial charge in [0.2, 0.25) is 5.16 Å². The summed E-state index contributed by atoms with van der Waals surface area (Å²) < 4.78 is 6.98. The average Bonchev–Trinajstić information content (AvgIpc) is 2.89. The van der Waals surface area contributed by atoms with Gasteiger partial charge in [-0.15, -0.1) is 5.10 Å². The van der Waals surface area contributed by atoms with Crippen LogP contribution in [0.3, 0.4) is 0 Å². The molecule has 0 aliphatic carbocycles. The smallest absolute Gasteiger partial charge is 0.209 e. The molecule has 1 aromatic carbocycles. The highest BCUT2D eigenvalue weighted by molar-refractivity contribution is 7.99. The molecule has 2 aromatic rings. The number of benzene rings is 1. The minimum absolute atomic E-state index is 0.171. The van der Waals surface area contributed by atoms with Gasteiger partial charge in [-0.25, -0.2) is 4.68 Å². The molecule has 20 heavy (non-hydrogen) atoms. The van der Waals surface area contributed by atoms with Crippen molar-refractivity contribution in [3.63, 3.8) is 0 Å². The first-order chi connectivity index (χ1) is 9.69. The van der Waals surface area contributed by atoms with E-state index in [-0.39, 0.29) is 6.61 Å². The Balaban J connectivity index is 1.76. The molecule has 0 saturated carbocycles. The van der Waals surface area contributed by atoms with E-state index in [2.05, 4.69) is 15.5 Å². The third kappa shape index (κ3) is 3.94. The average molecular weight is 291 g/mol.